The van der Waals surface area contributed by atoms with Crippen LogP contribution in [0.3, 0.4) is 0 Å². The van der Waals surface area contributed by atoms with Gasteiger partial charge in [0.2, 0.25) is 0 Å². The van der Waals surface area contributed by atoms with Crippen molar-refractivity contribution in [2.24, 2.45) is 0 Å². The first-order valence-electron chi connectivity index (χ1n) is 6.70. The summed E-state index contributed by atoms with van der Waals surface area (Å²) >= 11 is 0. The third kappa shape index (κ3) is 3.65. The Bertz CT molecular complexity index is 768. The van der Waals surface area contributed by atoms with Crippen molar-refractivity contribution in [1.29, 1.82) is 0 Å². The molecule has 0 aromatic heterocycles. The molecule has 124 valence electrons. The summed E-state index contributed by atoms with van der Waals surface area (Å²) in [6.45, 7) is 1.58. The molecule has 23 heavy (non-hydrogen) atoms. The van der Waals surface area contributed by atoms with E-state index in [0.717, 1.165) is 12.1 Å². The lowest BCUT2D eigenvalue weighted by Crippen LogP contribution is -2.18. The first-order valence-corrected chi connectivity index (χ1v) is 8.31. The molecule has 0 heterocycles. The zero-order chi connectivity index (χ0) is 17.4. The fourth-order valence-electron chi connectivity index (χ4n) is 2.39. The van der Waals surface area contributed by atoms with Crippen molar-refractivity contribution in [2.45, 2.75) is 18.9 Å². The van der Waals surface area contributed by atoms with Crippen LogP contribution in [0.25, 0.3) is 0 Å². The van der Waals surface area contributed by atoms with Crippen molar-refractivity contribution < 1.29 is 34.8 Å². The maximum absolute atomic E-state index is 11.6. The lowest BCUT2D eigenvalue weighted by molar-refractivity contribution is 0.149. The van der Waals surface area contributed by atoms with Gasteiger partial charge < -0.3 is 30.2 Å². The highest BCUT2D eigenvalue weighted by Gasteiger charge is 2.32. The van der Waals surface area contributed by atoms with Crippen LogP contribution in [-0.2, 0) is 4.57 Å². The van der Waals surface area contributed by atoms with Gasteiger partial charge in [0.05, 0.1) is 11.4 Å². The Kier molecular flexibility index (Phi) is 4.68. The van der Waals surface area contributed by atoms with E-state index >= 15 is 0 Å². The number of hydrogen-bond acceptors (Lipinski definition) is 5. The predicted octanol–water partition coefficient (Wildman–Crippen LogP) is 1.44. The van der Waals surface area contributed by atoms with Crippen LogP contribution in [0.4, 0.5) is 0 Å². The minimum atomic E-state index is -4.83. The van der Waals surface area contributed by atoms with Gasteiger partial charge in [-0.3, -0.25) is 4.57 Å². The highest BCUT2D eigenvalue weighted by molar-refractivity contribution is 7.60. The van der Waals surface area contributed by atoms with E-state index in [1.54, 1.807) is 19.1 Å². The SMILES string of the molecule is CC(c1cccc(O)c1)C(O)c1c(O)cc(O)cc1P(=O)(O)O. The Morgan fingerprint density at radius 1 is 1.00 bits per heavy atom. The van der Waals surface area contributed by atoms with Crippen LogP contribution in [0.2, 0.25) is 0 Å². The quantitative estimate of drug-likeness (QED) is 0.463. The number of aliphatic hydroxyl groups is 1. The molecule has 0 spiro atoms. The van der Waals surface area contributed by atoms with E-state index in [9.17, 15) is 34.8 Å². The molecule has 8 heteroatoms. The van der Waals surface area contributed by atoms with Gasteiger partial charge in [-0.25, -0.2) is 0 Å². The second-order valence-electron chi connectivity index (χ2n) is 5.27. The van der Waals surface area contributed by atoms with Gasteiger partial charge in [-0.05, 0) is 23.8 Å². The summed E-state index contributed by atoms with van der Waals surface area (Å²) in [7, 11) is -4.83. The van der Waals surface area contributed by atoms with Crippen LogP contribution >= 0.6 is 7.60 Å². The van der Waals surface area contributed by atoms with Gasteiger partial charge in [-0.2, -0.15) is 0 Å². The van der Waals surface area contributed by atoms with Gasteiger partial charge in [-0.15, -0.1) is 0 Å². The molecule has 7 nitrogen and oxygen atoms in total. The zero-order valence-corrected chi connectivity index (χ0v) is 13.1. The summed E-state index contributed by atoms with van der Waals surface area (Å²) in [4.78, 5) is 18.8. The molecular formula is C15H17O7P. The van der Waals surface area contributed by atoms with Crippen LogP contribution in [-0.4, -0.2) is 30.2 Å². The lowest BCUT2D eigenvalue weighted by atomic mass is 9.90. The van der Waals surface area contributed by atoms with E-state index in [0.29, 0.717) is 5.56 Å². The van der Waals surface area contributed by atoms with E-state index in [-0.39, 0.29) is 11.3 Å². The minimum absolute atomic E-state index is 0.0216. The third-order valence-corrected chi connectivity index (χ3v) is 4.60. The topological polar surface area (TPSA) is 138 Å². The molecule has 0 amide bonds. The monoisotopic (exact) mass is 340 g/mol. The summed E-state index contributed by atoms with van der Waals surface area (Å²) in [6.07, 6.45) is -1.46. The van der Waals surface area contributed by atoms with E-state index < -0.39 is 36.4 Å². The Labute approximate surface area is 132 Å². The summed E-state index contributed by atoms with van der Waals surface area (Å²) < 4.78 is 11.6. The molecule has 2 unspecified atom stereocenters. The average molecular weight is 340 g/mol. The molecule has 0 fully saturated rings. The standard InChI is InChI=1S/C15H17O7P/c1-8(9-3-2-4-10(16)5-9)15(19)14-12(18)6-11(17)7-13(14)23(20,21)22/h2-8,15-19H,1H3,(H2,20,21,22). The number of phenolic OH excluding ortho intramolecular Hbond substituents is 3. The van der Waals surface area contributed by atoms with Crippen molar-refractivity contribution >= 4 is 12.9 Å². The molecule has 0 radical (unpaired) electrons. The highest BCUT2D eigenvalue weighted by atomic mass is 31.2. The Morgan fingerprint density at radius 3 is 2.22 bits per heavy atom. The number of aliphatic hydroxyl groups excluding tert-OH is 1. The van der Waals surface area contributed by atoms with E-state index in [2.05, 4.69) is 0 Å². The number of phenols is 3. The lowest BCUT2D eigenvalue weighted by Gasteiger charge is -2.23. The maximum atomic E-state index is 11.6. The van der Waals surface area contributed by atoms with Crippen LogP contribution < -0.4 is 5.30 Å². The van der Waals surface area contributed by atoms with Crippen molar-refractivity contribution in [3.8, 4) is 17.2 Å². The van der Waals surface area contributed by atoms with Crippen LogP contribution in [0.1, 0.15) is 30.1 Å². The zero-order valence-electron chi connectivity index (χ0n) is 12.2. The molecule has 0 aliphatic heterocycles. The summed E-state index contributed by atoms with van der Waals surface area (Å²) in [5, 5.41) is 38.7. The van der Waals surface area contributed by atoms with Gasteiger partial charge in [0.15, 0.2) is 0 Å². The Hall–Kier alpha value is -2.05. The molecule has 0 aliphatic carbocycles. The molecule has 2 rings (SSSR count). The Morgan fingerprint density at radius 2 is 1.65 bits per heavy atom. The second kappa shape index (κ2) is 6.22. The molecule has 0 aliphatic rings. The fraction of sp³-hybridized carbons (Fsp3) is 0.200. The van der Waals surface area contributed by atoms with Gasteiger partial charge in [0.1, 0.15) is 17.2 Å². The van der Waals surface area contributed by atoms with Gasteiger partial charge >= 0.3 is 7.60 Å². The molecule has 2 atom stereocenters. The molecular weight excluding hydrogens is 323 g/mol. The summed E-state index contributed by atoms with van der Waals surface area (Å²) in [5.41, 5.74) is 0.161. The number of aromatic hydroxyl groups is 3. The molecule has 2 aromatic rings. The largest absolute Gasteiger partial charge is 0.508 e. The van der Waals surface area contributed by atoms with E-state index in [1.165, 1.54) is 12.1 Å². The van der Waals surface area contributed by atoms with Crippen molar-refractivity contribution in [3.05, 3.63) is 47.5 Å². The van der Waals surface area contributed by atoms with Crippen LogP contribution in [0.15, 0.2) is 36.4 Å². The number of rotatable bonds is 4. The summed E-state index contributed by atoms with van der Waals surface area (Å²) in [5.74, 6) is -1.85. The second-order valence-corrected chi connectivity index (χ2v) is 6.84. The molecule has 0 saturated heterocycles. The molecule has 0 saturated carbocycles. The molecule has 2 aromatic carbocycles. The maximum Gasteiger partial charge on any atom is 0.356 e. The highest BCUT2D eigenvalue weighted by Crippen LogP contribution is 2.44. The first-order chi connectivity index (χ1) is 10.6. The summed E-state index contributed by atoms with van der Waals surface area (Å²) in [6, 6.07) is 7.75. The van der Waals surface area contributed by atoms with Crippen LogP contribution in [0.5, 0.6) is 17.2 Å². The minimum Gasteiger partial charge on any atom is -0.508 e. The van der Waals surface area contributed by atoms with E-state index in [4.69, 9.17) is 0 Å². The van der Waals surface area contributed by atoms with Gasteiger partial charge in [0.25, 0.3) is 0 Å². The van der Waals surface area contributed by atoms with Crippen molar-refractivity contribution in [2.75, 3.05) is 0 Å². The number of hydrogen-bond donors (Lipinski definition) is 6. The molecule has 0 bridgehead atoms. The fourth-order valence-corrected chi connectivity index (χ4v) is 3.25. The van der Waals surface area contributed by atoms with Gasteiger partial charge in [0, 0.05) is 17.5 Å². The van der Waals surface area contributed by atoms with Crippen molar-refractivity contribution in [1.82, 2.24) is 0 Å². The normalized spacial score (nSPS) is 14.4. The van der Waals surface area contributed by atoms with Crippen molar-refractivity contribution in [3.63, 3.8) is 0 Å². The smallest absolute Gasteiger partial charge is 0.356 e. The van der Waals surface area contributed by atoms with Gasteiger partial charge in [-0.1, -0.05) is 19.1 Å². The average Bonchev–Trinajstić information content (AvgIpc) is 2.44. The predicted molar refractivity (Wildman–Crippen MR) is 82.9 cm³/mol. The van der Waals surface area contributed by atoms with Crippen LogP contribution in [0, 0.1) is 0 Å². The first kappa shape index (κ1) is 17.3. The molecule has 6 N–H and O–H groups in total. The number of benzene rings is 2. The Balaban J connectivity index is 2.55. The van der Waals surface area contributed by atoms with E-state index in [1.807, 2.05) is 0 Å². The third-order valence-electron chi connectivity index (χ3n) is 3.60.